The lowest BCUT2D eigenvalue weighted by atomic mass is 10.1. The van der Waals surface area contributed by atoms with Gasteiger partial charge < -0.3 is 9.73 Å². The molecule has 0 saturated carbocycles. The number of nitrogens with zero attached hydrogens (tertiary/aromatic N) is 3. The molecular weight excluding hydrogens is 372 g/mol. The molecule has 0 aliphatic rings. The van der Waals surface area contributed by atoms with Gasteiger partial charge in [0, 0.05) is 5.54 Å². The van der Waals surface area contributed by atoms with Crippen molar-refractivity contribution in [1.82, 2.24) is 20.1 Å². The summed E-state index contributed by atoms with van der Waals surface area (Å²) < 4.78 is 7.54. The number of hydrogen-bond donors (Lipinski definition) is 1. The van der Waals surface area contributed by atoms with Crippen LogP contribution in [0.1, 0.15) is 45.1 Å². The molecule has 1 aromatic carbocycles. The van der Waals surface area contributed by atoms with Crippen molar-refractivity contribution in [3.8, 4) is 11.4 Å². The van der Waals surface area contributed by atoms with Gasteiger partial charge in [-0.2, -0.15) is 0 Å². The number of benzene rings is 1. The summed E-state index contributed by atoms with van der Waals surface area (Å²) in [4.78, 5) is 12.3. The van der Waals surface area contributed by atoms with Crippen LogP contribution >= 0.6 is 11.8 Å². The lowest BCUT2D eigenvalue weighted by Crippen LogP contribution is -2.41. The second-order valence-electron chi connectivity index (χ2n) is 7.74. The maximum absolute atomic E-state index is 12.3. The highest BCUT2D eigenvalue weighted by molar-refractivity contribution is 7.99. The fraction of sp³-hybridized carbons (Fsp3) is 0.381. The number of carbonyl (C=O) groups is 1. The first-order valence-electron chi connectivity index (χ1n) is 9.24. The number of carbonyl (C=O) groups excluding carboxylic acids is 1. The number of nitrogens with one attached hydrogen (secondary N) is 1. The molecule has 3 aromatic rings. The smallest absolute Gasteiger partial charge is 0.230 e. The van der Waals surface area contributed by atoms with Crippen molar-refractivity contribution in [2.45, 2.75) is 51.4 Å². The fourth-order valence-corrected chi connectivity index (χ4v) is 3.80. The van der Waals surface area contributed by atoms with Crippen LogP contribution in [0.3, 0.4) is 0 Å². The van der Waals surface area contributed by atoms with Crippen LogP contribution in [0.4, 0.5) is 0 Å². The lowest BCUT2D eigenvalue weighted by Gasteiger charge is -2.21. The fourth-order valence-electron chi connectivity index (χ4n) is 2.99. The van der Waals surface area contributed by atoms with E-state index in [1.165, 1.54) is 11.8 Å². The van der Waals surface area contributed by atoms with Gasteiger partial charge in [0.2, 0.25) is 5.91 Å². The van der Waals surface area contributed by atoms with Crippen LogP contribution in [0.15, 0.2) is 52.2 Å². The van der Waals surface area contributed by atoms with Gasteiger partial charge in [-0.3, -0.25) is 9.36 Å². The van der Waals surface area contributed by atoms with Crippen LogP contribution in [0.5, 0.6) is 0 Å². The summed E-state index contributed by atoms with van der Waals surface area (Å²) in [6.45, 7) is 9.92. The average Bonchev–Trinajstić information content (AvgIpc) is 3.24. The van der Waals surface area contributed by atoms with Crippen molar-refractivity contribution in [2.75, 3.05) is 5.75 Å². The summed E-state index contributed by atoms with van der Waals surface area (Å²) in [7, 11) is 0. The largest absolute Gasteiger partial charge is 0.469 e. The molecular formula is C21H26N4O2S. The van der Waals surface area contributed by atoms with Crippen molar-refractivity contribution >= 4 is 17.7 Å². The minimum Gasteiger partial charge on any atom is -0.469 e. The van der Waals surface area contributed by atoms with E-state index in [4.69, 9.17) is 4.42 Å². The molecule has 0 aliphatic carbocycles. The van der Waals surface area contributed by atoms with Gasteiger partial charge in [-0.15, -0.1) is 10.2 Å². The molecule has 0 spiro atoms. The van der Waals surface area contributed by atoms with E-state index in [1.54, 1.807) is 6.26 Å². The Hall–Kier alpha value is -2.54. The van der Waals surface area contributed by atoms with E-state index in [9.17, 15) is 4.79 Å². The molecule has 1 amide bonds. The first-order valence-corrected chi connectivity index (χ1v) is 10.2. The van der Waals surface area contributed by atoms with Gasteiger partial charge in [0.05, 0.1) is 23.6 Å². The first kappa shape index (κ1) is 20.2. The highest BCUT2D eigenvalue weighted by Gasteiger charge is 2.23. The highest BCUT2D eigenvalue weighted by Crippen LogP contribution is 2.32. The quantitative estimate of drug-likeness (QED) is 0.621. The Morgan fingerprint density at radius 1 is 1.21 bits per heavy atom. The van der Waals surface area contributed by atoms with Crippen LogP contribution in [0.25, 0.3) is 11.4 Å². The minimum absolute atomic E-state index is 0.00803. The number of aryl methyl sites for hydroxylation is 1. The third-order valence-corrected chi connectivity index (χ3v) is 5.22. The summed E-state index contributed by atoms with van der Waals surface area (Å²) >= 11 is 1.39. The Balaban J connectivity index is 1.93. The van der Waals surface area contributed by atoms with Crippen LogP contribution < -0.4 is 5.32 Å². The normalized spacial score (nSPS) is 12.8. The van der Waals surface area contributed by atoms with Gasteiger partial charge in [-0.25, -0.2) is 0 Å². The van der Waals surface area contributed by atoms with Crippen molar-refractivity contribution in [2.24, 2.45) is 0 Å². The molecule has 2 heterocycles. The van der Waals surface area contributed by atoms with E-state index in [0.29, 0.717) is 5.16 Å². The van der Waals surface area contributed by atoms with Gasteiger partial charge in [0.15, 0.2) is 11.0 Å². The molecule has 6 nitrogen and oxygen atoms in total. The summed E-state index contributed by atoms with van der Waals surface area (Å²) in [5.74, 6) is 1.78. The van der Waals surface area contributed by atoms with E-state index >= 15 is 0 Å². The highest BCUT2D eigenvalue weighted by atomic mass is 32.2. The third-order valence-electron chi connectivity index (χ3n) is 4.28. The summed E-state index contributed by atoms with van der Waals surface area (Å²) in [5, 5.41) is 12.5. The summed E-state index contributed by atoms with van der Waals surface area (Å²) in [6, 6.07) is 12.1. The van der Waals surface area contributed by atoms with Gasteiger partial charge in [0.1, 0.15) is 5.76 Å². The van der Waals surface area contributed by atoms with Crippen LogP contribution in [-0.2, 0) is 4.79 Å². The molecule has 1 N–H and O–H groups in total. The number of aromatic nitrogens is 3. The van der Waals surface area contributed by atoms with Gasteiger partial charge in [-0.1, -0.05) is 42.1 Å². The predicted molar refractivity (Wildman–Crippen MR) is 111 cm³/mol. The van der Waals surface area contributed by atoms with Crippen LogP contribution in [0, 0.1) is 6.92 Å². The van der Waals surface area contributed by atoms with Crippen LogP contribution in [0.2, 0.25) is 0 Å². The Labute approximate surface area is 169 Å². The molecule has 0 bridgehead atoms. The standard InChI is InChI=1S/C21H26N4O2S/c1-14(16-9-7-6-8-10-16)25-19(17-11-12-27-15(17)2)23-24-20(25)28-13-18(26)22-21(3,4)5/h6-12,14H,13H2,1-5H3,(H,22,26)/t14-/m1/s1. The molecule has 0 aliphatic heterocycles. The number of hydrogen-bond acceptors (Lipinski definition) is 5. The summed E-state index contributed by atoms with van der Waals surface area (Å²) in [5.41, 5.74) is 1.79. The van der Waals surface area contributed by atoms with Crippen molar-refractivity contribution < 1.29 is 9.21 Å². The Bertz CT molecular complexity index is 941. The molecule has 2 aromatic heterocycles. The molecule has 0 unspecified atom stereocenters. The third kappa shape index (κ3) is 4.65. The summed E-state index contributed by atoms with van der Waals surface area (Å²) in [6.07, 6.45) is 1.65. The van der Waals surface area contributed by atoms with Crippen molar-refractivity contribution in [3.63, 3.8) is 0 Å². The number of amides is 1. The van der Waals surface area contributed by atoms with Gasteiger partial charge in [-0.05, 0) is 46.2 Å². The first-order chi connectivity index (χ1) is 13.3. The van der Waals surface area contributed by atoms with E-state index in [1.807, 2.05) is 52.0 Å². The number of rotatable bonds is 6. The number of thioether (sulfide) groups is 1. The topological polar surface area (TPSA) is 72.9 Å². The lowest BCUT2D eigenvalue weighted by molar-refractivity contribution is -0.119. The zero-order valence-corrected chi connectivity index (χ0v) is 17.7. The Morgan fingerprint density at radius 2 is 1.93 bits per heavy atom. The molecule has 7 heteroatoms. The molecule has 3 rings (SSSR count). The Kier molecular flexibility index (Phi) is 5.93. The second-order valence-corrected chi connectivity index (χ2v) is 8.68. The average molecular weight is 399 g/mol. The molecule has 0 fully saturated rings. The van der Waals surface area contributed by atoms with Gasteiger partial charge in [0.25, 0.3) is 0 Å². The second kappa shape index (κ2) is 8.22. The monoisotopic (exact) mass is 398 g/mol. The van der Waals surface area contributed by atoms with E-state index in [0.717, 1.165) is 22.7 Å². The van der Waals surface area contributed by atoms with Crippen molar-refractivity contribution in [3.05, 3.63) is 54.0 Å². The zero-order valence-electron chi connectivity index (χ0n) is 16.9. The molecule has 0 radical (unpaired) electrons. The molecule has 28 heavy (non-hydrogen) atoms. The van der Waals surface area contributed by atoms with E-state index < -0.39 is 0 Å². The number of furan rings is 1. The maximum atomic E-state index is 12.3. The molecule has 148 valence electrons. The Morgan fingerprint density at radius 3 is 2.54 bits per heavy atom. The predicted octanol–water partition coefficient (Wildman–Crippen LogP) is 4.46. The van der Waals surface area contributed by atoms with Crippen LogP contribution in [-0.4, -0.2) is 32.0 Å². The molecule has 0 saturated heterocycles. The SMILES string of the molecule is Cc1occc1-c1nnc(SCC(=O)NC(C)(C)C)n1[C@H](C)c1ccccc1. The van der Waals surface area contributed by atoms with Crippen molar-refractivity contribution in [1.29, 1.82) is 0 Å². The van der Waals surface area contributed by atoms with Gasteiger partial charge >= 0.3 is 0 Å². The zero-order chi connectivity index (χ0) is 20.3. The molecule has 1 atom stereocenters. The van der Waals surface area contributed by atoms with E-state index in [2.05, 4.69) is 39.1 Å². The minimum atomic E-state index is -0.262. The van der Waals surface area contributed by atoms with E-state index in [-0.39, 0.29) is 23.2 Å². The maximum Gasteiger partial charge on any atom is 0.230 e.